The topological polar surface area (TPSA) is 82.1 Å². The van der Waals surface area contributed by atoms with Gasteiger partial charge in [-0.1, -0.05) is 64.7 Å². The van der Waals surface area contributed by atoms with Crippen LogP contribution in [0.15, 0.2) is 0 Å². The zero-order chi connectivity index (χ0) is 23.5. The number of rotatable bonds is 6. The predicted molar refractivity (Wildman–Crippen MR) is 124 cm³/mol. The monoisotopic (exact) mass is 508 g/mol. The van der Waals surface area contributed by atoms with Crippen LogP contribution in [0.4, 0.5) is 0 Å². The molecule has 0 aromatic rings. The zero-order valence-electron chi connectivity index (χ0n) is 19.5. The molecule has 1 N–H and O–H groups in total. The molecule has 3 atom stereocenters. The fourth-order valence-electron chi connectivity index (χ4n) is 2.37. The Morgan fingerprint density at radius 3 is 1.76 bits per heavy atom. The first-order chi connectivity index (χ1) is 12.4. The lowest BCUT2D eigenvalue weighted by molar-refractivity contribution is -0.139. The molecule has 0 saturated carbocycles. The Labute approximate surface area is 188 Å². The summed E-state index contributed by atoms with van der Waals surface area (Å²) in [6.07, 6.45) is -1.17. The summed E-state index contributed by atoms with van der Waals surface area (Å²) >= 11 is 13.0. The maximum atomic E-state index is 12.4. The third kappa shape index (κ3) is 5.25. The SMILES string of the molecule is CC(C)(C)[Si](C)(C)OC[C@H]1OC(O)(S(C)(=O)=O)C(Cl)(Cl)[C@@H]1O[Si](C)(C)C(C)(C)C. The molecule has 1 unspecified atom stereocenters. The van der Waals surface area contributed by atoms with Gasteiger partial charge in [0.25, 0.3) is 0 Å². The van der Waals surface area contributed by atoms with Crippen molar-refractivity contribution in [3.05, 3.63) is 0 Å². The van der Waals surface area contributed by atoms with Crippen molar-refractivity contribution in [1.29, 1.82) is 0 Å². The molecule has 1 heterocycles. The summed E-state index contributed by atoms with van der Waals surface area (Å²) in [5.41, 5.74) is 0. The van der Waals surface area contributed by atoms with Crippen LogP contribution in [0, 0.1) is 0 Å². The Bertz CT molecular complexity index is 713. The van der Waals surface area contributed by atoms with E-state index in [2.05, 4.69) is 33.9 Å². The molecule has 0 radical (unpaired) electrons. The molecular weight excluding hydrogens is 471 g/mol. The van der Waals surface area contributed by atoms with E-state index in [1.54, 1.807) is 0 Å². The van der Waals surface area contributed by atoms with Crippen LogP contribution in [-0.2, 0) is 23.4 Å². The van der Waals surface area contributed by atoms with Gasteiger partial charge in [0.2, 0.25) is 14.2 Å². The predicted octanol–water partition coefficient (Wildman–Crippen LogP) is 4.66. The number of aliphatic hydroxyl groups is 1. The van der Waals surface area contributed by atoms with E-state index < -0.39 is 48.1 Å². The lowest BCUT2D eigenvalue weighted by Gasteiger charge is -2.42. The van der Waals surface area contributed by atoms with Crippen molar-refractivity contribution in [3.8, 4) is 0 Å². The normalized spacial score (nSPS) is 29.3. The van der Waals surface area contributed by atoms with Gasteiger partial charge in [0.05, 0.1) is 6.61 Å². The van der Waals surface area contributed by atoms with Gasteiger partial charge in [0.15, 0.2) is 16.6 Å². The second-order valence-electron chi connectivity index (χ2n) is 11.0. The number of sulfone groups is 1. The minimum Gasteiger partial charge on any atom is -0.414 e. The summed E-state index contributed by atoms with van der Waals surface area (Å²) in [6, 6.07) is 0. The quantitative estimate of drug-likeness (QED) is 0.414. The van der Waals surface area contributed by atoms with E-state index in [9.17, 15) is 13.5 Å². The molecule has 0 aromatic heterocycles. The average molecular weight is 510 g/mol. The molecule has 6 nitrogen and oxygen atoms in total. The number of ether oxygens (including phenoxy) is 1. The molecule has 0 bridgehead atoms. The average Bonchev–Trinajstić information content (AvgIpc) is 2.63. The first kappa shape index (κ1) is 27.8. The Balaban J connectivity index is 3.37. The van der Waals surface area contributed by atoms with E-state index in [1.807, 2.05) is 33.9 Å². The fourth-order valence-corrected chi connectivity index (χ4v) is 7.06. The minimum absolute atomic E-state index is 0.0226. The highest BCUT2D eigenvalue weighted by Gasteiger charge is 2.71. The molecule has 1 saturated heterocycles. The lowest BCUT2D eigenvalue weighted by Crippen LogP contribution is -2.57. The molecule has 0 aliphatic carbocycles. The third-order valence-corrected chi connectivity index (χ3v) is 18.1. The highest BCUT2D eigenvalue weighted by molar-refractivity contribution is 7.92. The Morgan fingerprint density at radius 1 is 1.00 bits per heavy atom. The molecular formula is C18H38Cl2O6SSi2. The molecule has 0 spiro atoms. The van der Waals surface area contributed by atoms with E-state index in [1.165, 1.54) is 0 Å². The van der Waals surface area contributed by atoms with Crippen molar-refractivity contribution < 1.29 is 27.1 Å². The lowest BCUT2D eigenvalue weighted by atomic mass is 10.2. The first-order valence-electron chi connectivity index (χ1n) is 9.70. The highest BCUT2D eigenvalue weighted by Crippen LogP contribution is 2.53. The van der Waals surface area contributed by atoms with Crippen molar-refractivity contribution in [3.63, 3.8) is 0 Å². The van der Waals surface area contributed by atoms with Gasteiger partial charge in [0.1, 0.15) is 12.2 Å². The standard InChI is InChI=1S/C18H38Cl2O6SSi2/c1-15(2,3)28(8,9)24-12-13-14(26-29(10,11)16(4,5)6)17(19,20)18(21,25-13)27(7,22)23/h13-14,21H,12H2,1-11H3/t13-,14-,18?/m1/s1. The molecule has 29 heavy (non-hydrogen) atoms. The fraction of sp³-hybridized carbons (Fsp3) is 1.00. The van der Waals surface area contributed by atoms with Gasteiger partial charge in [-0.25, -0.2) is 8.42 Å². The summed E-state index contributed by atoms with van der Waals surface area (Å²) in [4.78, 5) is 0. The Kier molecular flexibility index (Phi) is 7.67. The molecule has 174 valence electrons. The van der Waals surface area contributed by atoms with Crippen molar-refractivity contribution in [2.24, 2.45) is 0 Å². The van der Waals surface area contributed by atoms with Crippen LogP contribution in [0.3, 0.4) is 0 Å². The molecule has 1 fully saturated rings. The molecule has 11 heteroatoms. The van der Waals surface area contributed by atoms with Gasteiger partial charge in [-0.05, 0) is 36.3 Å². The van der Waals surface area contributed by atoms with Crippen molar-refractivity contribution in [2.75, 3.05) is 12.9 Å². The number of alkyl halides is 2. The smallest absolute Gasteiger partial charge is 0.308 e. The molecule has 0 aromatic carbocycles. The van der Waals surface area contributed by atoms with E-state index in [0.717, 1.165) is 6.26 Å². The van der Waals surface area contributed by atoms with Gasteiger partial charge in [-0.15, -0.1) is 0 Å². The van der Waals surface area contributed by atoms with Gasteiger partial charge < -0.3 is 18.7 Å². The van der Waals surface area contributed by atoms with Gasteiger partial charge in [-0.3, -0.25) is 0 Å². The third-order valence-electron chi connectivity index (χ3n) is 6.57. The summed E-state index contributed by atoms with van der Waals surface area (Å²) in [5, 5.41) is 7.86. The van der Waals surface area contributed by atoms with Crippen LogP contribution in [0.2, 0.25) is 36.3 Å². The van der Waals surface area contributed by atoms with Gasteiger partial charge in [-0.2, -0.15) is 0 Å². The van der Waals surface area contributed by atoms with Crippen molar-refractivity contribution in [2.45, 2.75) is 99.5 Å². The second kappa shape index (κ2) is 7.99. The van der Waals surface area contributed by atoms with Crippen LogP contribution in [0.1, 0.15) is 41.5 Å². The molecule has 1 aliphatic rings. The number of hydrogen-bond acceptors (Lipinski definition) is 6. The van der Waals surface area contributed by atoms with Crippen LogP contribution < -0.4 is 0 Å². The summed E-state index contributed by atoms with van der Waals surface area (Å²) in [5.74, 6) is 0. The van der Waals surface area contributed by atoms with Crippen molar-refractivity contribution >= 4 is 49.7 Å². The van der Waals surface area contributed by atoms with E-state index >= 15 is 0 Å². The van der Waals surface area contributed by atoms with E-state index in [-0.39, 0.29) is 16.7 Å². The Hall–Kier alpha value is 0.804. The largest absolute Gasteiger partial charge is 0.414 e. The zero-order valence-corrected chi connectivity index (χ0v) is 23.8. The summed E-state index contributed by atoms with van der Waals surface area (Å²) in [6.45, 7) is 20.6. The highest BCUT2D eigenvalue weighted by atomic mass is 35.5. The molecule has 1 rings (SSSR count). The second-order valence-corrected chi connectivity index (χ2v) is 24.1. The molecule has 0 amide bonds. The van der Waals surface area contributed by atoms with Crippen LogP contribution >= 0.6 is 23.2 Å². The number of hydrogen-bond donors (Lipinski definition) is 1. The Morgan fingerprint density at radius 2 is 1.41 bits per heavy atom. The maximum absolute atomic E-state index is 12.4. The van der Waals surface area contributed by atoms with E-state index in [0.29, 0.717) is 0 Å². The minimum atomic E-state index is -4.19. The van der Waals surface area contributed by atoms with Crippen LogP contribution in [0.25, 0.3) is 0 Å². The van der Waals surface area contributed by atoms with Gasteiger partial charge >= 0.3 is 5.12 Å². The van der Waals surface area contributed by atoms with Crippen molar-refractivity contribution in [1.82, 2.24) is 0 Å². The maximum Gasteiger partial charge on any atom is 0.308 e. The van der Waals surface area contributed by atoms with Gasteiger partial charge in [0, 0.05) is 6.26 Å². The summed E-state index contributed by atoms with van der Waals surface area (Å²) < 4.78 is 40.8. The summed E-state index contributed by atoms with van der Waals surface area (Å²) in [7, 11) is -8.80. The first-order valence-corrected chi connectivity index (χ1v) is 18.2. The van der Waals surface area contributed by atoms with E-state index in [4.69, 9.17) is 36.8 Å². The molecule has 1 aliphatic heterocycles. The van der Waals surface area contributed by atoms with Crippen LogP contribution in [-0.4, -0.2) is 64.7 Å². The number of halogens is 2. The van der Waals surface area contributed by atoms with Crippen LogP contribution in [0.5, 0.6) is 0 Å².